The maximum atomic E-state index is 13.5. The number of rotatable bonds is 11. The maximum absolute atomic E-state index is 13.5. The van der Waals surface area contributed by atoms with E-state index < -0.39 is 47.6 Å². The number of hydrogen-bond donors (Lipinski definition) is 1. The number of aliphatic hydroxyl groups is 1. The molecule has 0 aromatic carbocycles. The second-order valence-electron chi connectivity index (χ2n) is 14.2. The van der Waals surface area contributed by atoms with Gasteiger partial charge in [-0.25, -0.2) is 0 Å². The molecule has 1 saturated heterocycles. The Labute approximate surface area is 274 Å². The summed E-state index contributed by atoms with van der Waals surface area (Å²) in [6, 6.07) is 0. The molecule has 1 fully saturated rings. The van der Waals surface area contributed by atoms with Crippen molar-refractivity contribution in [1.82, 2.24) is 0 Å². The van der Waals surface area contributed by atoms with Gasteiger partial charge in [0.05, 0.1) is 23.9 Å². The molecule has 0 radical (unpaired) electrons. The van der Waals surface area contributed by atoms with E-state index in [2.05, 4.69) is 0 Å². The summed E-state index contributed by atoms with van der Waals surface area (Å²) in [6.45, 7) is 23.6. The Bertz CT molecular complexity index is 1400. The third-order valence-electron chi connectivity index (χ3n) is 10.5. The zero-order chi connectivity index (χ0) is 35.0. The van der Waals surface area contributed by atoms with Gasteiger partial charge in [0.25, 0.3) is 0 Å². The second kappa shape index (κ2) is 14.5. The van der Waals surface area contributed by atoms with Gasteiger partial charge in [-0.3, -0.25) is 19.2 Å². The van der Waals surface area contributed by atoms with Crippen LogP contribution in [0.25, 0.3) is 0 Å². The monoisotopic (exact) mass is 644 g/mol. The minimum atomic E-state index is -1.92. The molecule has 1 aromatic heterocycles. The number of carbonyl (C=O) groups is 3. The molecule has 2 aliphatic rings. The Morgan fingerprint density at radius 2 is 1.54 bits per heavy atom. The van der Waals surface area contributed by atoms with E-state index in [0.29, 0.717) is 46.8 Å². The van der Waals surface area contributed by atoms with Crippen molar-refractivity contribution in [2.45, 2.75) is 145 Å². The molecule has 3 heterocycles. The number of esters is 1. The summed E-state index contributed by atoms with van der Waals surface area (Å²) in [6.07, 6.45) is -0.767. The molecule has 0 bridgehead atoms. The fourth-order valence-corrected chi connectivity index (χ4v) is 7.37. The van der Waals surface area contributed by atoms with Gasteiger partial charge >= 0.3 is 5.97 Å². The number of ketones is 2. The molecule has 3 rings (SSSR count). The van der Waals surface area contributed by atoms with E-state index in [1.807, 2.05) is 41.5 Å². The number of hydrogen-bond acceptors (Lipinski definition) is 9. The van der Waals surface area contributed by atoms with Gasteiger partial charge in [0, 0.05) is 47.3 Å². The van der Waals surface area contributed by atoms with Crippen molar-refractivity contribution in [2.24, 2.45) is 29.6 Å². The molecular weight excluding hydrogens is 588 g/mol. The summed E-state index contributed by atoms with van der Waals surface area (Å²) < 4.78 is 25.6. The van der Waals surface area contributed by atoms with Crippen LogP contribution in [-0.2, 0) is 28.6 Å². The van der Waals surface area contributed by atoms with Crippen molar-refractivity contribution >= 4 is 17.5 Å². The Morgan fingerprint density at radius 1 is 0.957 bits per heavy atom. The van der Waals surface area contributed by atoms with Crippen LogP contribution in [0.2, 0.25) is 0 Å². The van der Waals surface area contributed by atoms with E-state index in [0.717, 1.165) is 0 Å². The van der Waals surface area contributed by atoms with Crippen LogP contribution in [0.15, 0.2) is 20.5 Å². The normalized spacial score (nSPS) is 30.5. The fraction of sp³-hybridized carbons (Fsp3) is 0.730. The zero-order valence-electron chi connectivity index (χ0n) is 30.1. The molecule has 46 heavy (non-hydrogen) atoms. The van der Waals surface area contributed by atoms with Gasteiger partial charge in [0.15, 0.2) is 17.0 Å². The molecule has 2 aliphatic heterocycles. The van der Waals surface area contributed by atoms with Gasteiger partial charge in [-0.2, -0.15) is 0 Å². The van der Waals surface area contributed by atoms with Crippen LogP contribution >= 0.6 is 0 Å². The lowest BCUT2D eigenvalue weighted by atomic mass is 9.72. The van der Waals surface area contributed by atoms with Gasteiger partial charge < -0.3 is 23.7 Å². The molecule has 0 amide bonds. The zero-order valence-corrected chi connectivity index (χ0v) is 30.1. The molecule has 258 valence electrons. The average Bonchev–Trinajstić information content (AvgIpc) is 3.01. The van der Waals surface area contributed by atoms with E-state index >= 15 is 0 Å². The molecule has 1 aromatic rings. The SMILES string of the molecule is CCC(=O)[C@H](C)c1oc([C@H](C)[C@@H]2O[C@](O)([C@@H](C)C3=C(C)C(=O)C(C)C(CC)O3)[C@@H](C)[C@@H](OC(=O)CC(C)C)[C@@H]2C)c(C)c(=O)c1C. The summed E-state index contributed by atoms with van der Waals surface area (Å²) in [5.74, 6) is -4.72. The first kappa shape index (κ1) is 37.7. The smallest absolute Gasteiger partial charge is 0.306 e. The van der Waals surface area contributed by atoms with Gasteiger partial charge in [0.2, 0.25) is 0 Å². The predicted octanol–water partition coefficient (Wildman–Crippen LogP) is 6.68. The van der Waals surface area contributed by atoms with Gasteiger partial charge in [-0.1, -0.05) is 62.3 Å². The Kier molecular flexibility index (Phi) is 11.9. The topological polar surface area (TPSA) is 129 Å². The standard InChI is InChI=1S/C37H56O9/c1-14-27(38)18(5)32-20(7)31(41)21(8)33(45-32)23(10)34-24(11)36(44-29(39)16-17(3)4)26(13)37(42,46-34)25(12)35-22(9)30(40)19(6)28(15-2)43-35/h17-19,23-26,28,34,36,42H,14-16H2,1-13H3/t18-,19?,23-,24+,25-,26-,28?,34-,36-,37+/m0/s1. The van der Waals surface area contributed by atoms with E-state index in [1.54, 1.807) is 48.5 Å². The summed E-state index contributed by atoms with van der Waals surface area (Å²) >= 11 is 0. The number of Topliss-reactive ketones (excluding diaryl/α,β-unsaturated/α-hetero) is 2. The van der Waals surface area contributed by atoms with Crippen LogP contribution in [0.3, 0.4) is 0 Å². The van der Waals surface area contributed by atoms with E-state index in [4.69, 9.17) is 18.6 Å². The van der Waals surface area contributed by atoms with Gasteiger partial charge in [-0.05, 0) is 40.0 Å². The predicted molar refractivity (Wildman–Crippen MR) is 175 cm³/mol. The van der Waals surface area contributed by atoms with Crippen LogP contribution < -0.4 is 5.43 Å². The van der Waals surface area contributed by atoms with E-state index in [1.165, 1.54) is 0 Å². The first-order chi connectivity index (χ1) is 21.3. The molecule has 2 unspecified atom stereocenters. The summed E-state index contributed by atoms with van der Waals surface area (Å²) in [5.41, 5.74) is 1.00. The van der Waals surface area contributed by atoms with Crippen molar-refractivity contribution in [3.8, 4) is 0 Å². The Balaban J connectivity index is 2.18. The lowest BCUT2D eigenvalue weighted by Crippen LogP contribution is -2.62. The van der Waals surface area contributed by atoms with Gasteiger partial charge in [-0.15, -0.1) is 0 Å². The quantitative estimate of drug-likeness (QED) is 0.262. The van der Waals surface area contributed by atoms with E-state index in [-0.39, 0.29) is 47.3 Å². The highest BCUT2D eigenvalue weighted by atomic mass is 16.6. The molecule has 0 saturated carbocycles. The highest BCUT2D eigenvalue weighted by Crippen LogP contribution is 2.49. The Hall–Kier alpha value is -2.78. The van der Waals surface area contributed by atoms with Crippen molar-refractivity contribution in [3.05, 3.63) is 44.2 Å². The number of ether oxygens (including phenoxy) is 3. The van der Waals surface area contributed by atoms with Crippen molar-refractivity contribution in [2.75, 3.05) is 0 Å². The first-order valence-corrected chi connectivity index (χ1v) is 17.0. The summed E-state index contributed by atoms with van der Waals surface area (Å²) in [5, 5.41) is 12.6. The van der Waals surface area contributed by atoms with Crippen molar-refractivity contribution in [3.63, 3.8) is 0 Å². The molecule has 9 heteroatoms. The van der Waals surface area contributed by atoms with Crippen LogP contribution in [-0.4, -0.2) is 46.7 Å². The number of allylic oxidation sites excluding steroid dienone is 1. The van der Waals surface area contributed by atoms with Crippen LogP contribution in [0.4, 0.5) is 0 Å². The molecule has 9 nitrogen and oxygen atoms in total. The third-order valence-corrected chi connectivity index (χ3v) is 10.5. The molecule has 1 N–H and O–H groups in total. The molecule has 0 aliphatic carbocycles. The average molecular weight is 645 g/mol. The number of carbonyl (C=O) groups excluding carboxylic acids is 3. The van der Waals surface area contributed by atoms with Crippen LogP contribution in [0.5, 0.6) is 0 Å². The van der Waals surface area contributed by atoms with Crippen molar-refractivity contribution < 1.29 is 38.1 Å². The summed E-state index contributed by atoms with van der Waals surface area (Å²) in [7, 11) is 0. The van der Waals surface area contributed by atoms with Gasteiger partial charge in [0.1, 0.15) is 35.3 Å². The second-order valence-corrected chi connectivity index (χ2v) is 14.2. The fourth-order valence-electron chi connectivity index (χ4n) is 7.37. The van der Waals surface area contributed by atoms with Crippen LogP contribution in [0.1, 0.15) is 130 Å². The first-order valence-electron chi connectivity index (χ1n) is 17.0. The van der Waals surface area contributed by atoms with E-state index in [9.17, 15) is 24.3 Å². The highest BCUT2D eigenvalue weighted by Gasteiger charge is 2.58. The maximum Gasteiger partial charge on any atom is 0.306 e. The highest BCUT2D eigenvalue weighted by molar-refractivity contribution is 5.98. The Morgan fingerprint density at radius 3 is 2.09 bits per heavy atom. The molecule has 10 atom stereocenters. The molecular formula is C37H56O9. The minimum absolute atomic E-state index is 0.0365. The largest absolute Gasteiger partial charge is 0.493 e. The lowest BCUT2D eigenvalue weighted by molar-refractivity contribution is -0.340. The third kappa shape index (κ3) is 6.91. The van der Waals surface area contributed by atoms with Crippen LogP contribution in [0, 0.1) is 43.4 Å². The molecule has 0 spiro atoms. The minimum Gasteiger partial charge on any atom is -0.493 e. The van der Waals surface area contributed by atoms with Crippen molar-refractivity contribution in [1.29, 1.82) is 0 Å². The summed E-state index contributed by atoms with van der Waals surface area (Å²) in [4.78, 5) is 52.5. The lowest BCUT2D eigenvalue weighted by Gasteiger charge is -2.53.